The number of carbonyl (C=O) groups is 2. The molecule has 0 radical (unpaired) electrons. The first-order valence-electron chi connectivity index (χ1n) is 10.6. The summed E-state index contributed by atoms with van der Waals surface area (Å²) >= 11 is 9.35. The number of esters is 1. The molecule has 1 amide bonds. The monoisotopic (exact) mass is 541 g/mol. The van der Waals surface area contributed by atoms with Crippen LogP contribution >= 0.6 is 27.5 Å². The Kier molecular flexibility index (Phi) is 9.48. The third kappa shape index (κ3) is 8.16. The Balaban J connectivity index is 2.27. The summed E-state index contributed by atoms with van der Waals surface area (Å²) in [6, 6.07) is 6.74. The minimum absolute atomic E-state index is 0.222. The SMILES string of the molecule is CCOC(=O)Cn1cnc([C@H](C)C[C@H](NC(=O)OC(C)(C)C)c2ccc(Cl)cc2)c(Br)c1=O. The number of hydrogen-bond donors (Lipinski definition) is 1. The van der Waals surface area contributed by atoms with Crippen LogP contribution in [-0.2, 0) is 20.8 Å². The van der Waals surface area contributed by atoms with Crippen molar-refractivity contribution >= 4 is 39.6 Å². The van der Waals surface area contributed by atoms with Crippen LogP contribution in [0.5, 0.6) is 0 Å². The van der Waals surface area contributed by atoms with Gasteiger partial charge in [-0.25, -0.2) is 9.78 Å². The predicted octanol–water partition coefficient (Wildman–Crippen LogP) is 4.98. The molecule has 180 valence electrons. The van der Waals surface area contributed by atoms with Gasteiger partial charge in [0.05, 0.1) is 24.7 Å². The van der Waals surface area contributed by atoms with Crippen LogP contribution in [0.2, 0.25) is 5.02 Å². The van der Waals surface area contributed by atoms with Crippen molar-refractivity contribution < 1.29 is 19.1 Å². The molecule has 1 N–H and O–H groups in total. The van der Waals surface area contributed by atoms with E-state index in [2.05, 4.69) is 26.2 Å². The zero-order valence-electron chi connectivity index (χ0n) is 19.4. The average molecular weight is 543 g/mol. The molecule has 1 aromatic heterocycles. The van der Waals surface area contributed by atoms with Crippen molar-refractivity contribution in [3.05, 3.63) is 61.7 Å². The van der Waals surface area contributed by atoms with E-state index in [9.17, 15) is 14.4 Å². The molecule has 10 heteroatoms. The standard InChI is InChI=1S/C23H29BrClN3O5/c1-6-32-18(29)12-28-13-26-20(19(24)21(28)30)14(2)11-17(15-7-9-16(25)10-8-15)27-22(31)33-23(3,4)5/h7-10,13-14,17H,6,11-12H2,1-5H3,(H,27,31)/t14-,17+/m1/s1. The van der Waals surface area contributed by atoms with Gasteiger partial charge in [-0.05, 0) is 67.7 Å². The van der Waals surface area contributed by atoms with Crippen LogP contribution in [0.3, 0.4) is 0 Å². The van der Waals surface area contributed by atoms with Gasteiger partial charge in [0.25, 0.3) is 5.56 Å². The highest BCUT2D eigenvalue weighted by atomic mass is 79.9. The van der Waals surface area contributed by atoms with E-state index in [1.165, 1.54) is 10.9 Å². The smallest absolute Gasteiger partial charge is 0.408 e. The second kappa shape index (κ2) is 11.7. The highest BCUT2D eigenvalue weighted by Gasteiger charge is 2.25. The van der Waals surface area contributed by atoms with Crippen LogP contribution in [0.1, 0.15) is 64.3 Å². The van der Waals surface area contributed by atoms with Gasteiger partial charge in [-0.3, -0.25) is 14.2 Å². The third-order valence-corrected chi connectivity index (χ3v) is 5.63. The summed E-state index contributed by atoms with van der Waals surface area (Å²) < 4.78 is 11.8. The van der Waals surface area contributed by atoms with Gasteiger partial charge in [0.1, 0.15) is 16.6 Å². The molecule has 2 rings (SSSR count). The number of ether oxygens (including phenoxy) is 2. The Morgan fingerprint density at radius 3 is 2.45 bits per heavy atom. The Morgan fingerprint density at radius 2 is 1.88 bits per heavy atom. The molecule has 2 atom stereocenters. The van der Waals surface area contributed by atoms with E-state index in [4.69, 9.17) is 21.1 Å². The largest absolute Gasteiger partial charge is 0.465 e. The minimum Gasteiger partial charge on any atom is -0.465 e. The Hall–Kier alpha value is -2.39. The molecule has 8 nitrogen and oxygen atoms in total. The number of halogens is 2. The van der Waals surface area contributed by atoms with Crippen molar-refractivity contribution in [2.45, 2.75) is 65.1 Å². The topological polar surface area (TPSA) is 99.5 Å². The van der Waals surface area contributed by atoms with Gasteiger partial charge >= 0.3 is 12.1 Å². The van der Waals surface area contributed by atoms with Crippen molar-refractivity contribution in [1.29, 1.82) is 0 Å². The van der Waals surface area contributed by atoms with Crippen LogP contribution in [0.25, 0.3) is 0 Å². The second-order valence-electron chi connectivity index (χ2n) is 8.57. The van der Waals surface area contributed by atoms with Gasteiger partial charge < -0.3 is 14.8 Å². The maximum Gasteiger partial charge on any atom is 0.408 e. The summed E-state index contributed by atoms with van der Waals surface area (Å²) in [5, 5.41) is 3.48. The number of alkyl carbamates (subject to hydrolysis) is 1. The lowest BCUT2D eigenvalue weighted by Gasteiger charge is -2.26. The van der Waals surface area contributed by atoms with Gasteiger partial charge in [0, 0.05) is 10.9 Å². The molecule has 0 saturated carbocycles. The van der Waals surface area contributed by atoms with Crippen molar-refractivity contribution in [2.75, 3.05) is 6.61 Å². The number of nitrogens with zero attached hydrogens (tertiary/aromatic N) is 2. The number of rotatable bonds is 8. The molecule has 2 aromatic rings. The lowest BCUT2D eigenvalue weighted by atomic mass is 9.93. The molecule has 0 saturated heterocycles. The Morgan fingerprint density at radius 1 is 1.24 bits per heavy atom. The van der Waals surface area contributed by atoms with Crippen molar-refractivity contribution in [2.24, 2.45) is 0 Å². The fraction of sp³-hybridized carbons (Fsp3) is 0.478. The summed E-state index contributed by atoms with van der Waals surface area (Å²) in [4.78, 5) is 41.3. The van der Waals surface area contributed by atoms with Crippen LogP contribution in [0.15, 0.2) is 39.9 Å². The van der Waals surface area contributed by atoms with Crippen LogP contribution in [0, 0.1) is 0 Å². The van der Waals surface area contributed by atoms with Gasteiger partial charge in [-0.2, -0.15) is 0 Å². The number of aromatic nitrogens is 2. The van der Waals surface area contributed by atoms with E-state index in [0.717, 1.165) is 5.56 Å². The molecule has 0 fully saturated rings. The minimum atomic E-state index is -0.645. The molecule has 1 heterocycles. The molecular formula is C23H29BrClN3O5. The molecule has 0 bridgehead atoms. The maximum atomic E-state index is 12.7. The van der Waals surface area contributed by atoms with Crippen LogP contribution in [-0.4, -0.2) is 33.8 Å². The first-order chi connectivity index (χ1) is 15.4. The van der Waals surface area contributed by atoms with Crippen LogP contribution < -0.4 is 10.9 Å². The van der Waals surface area contributed by atoms with E-state index in [1.807, 2.05) is 19.1 Å². The van der Waals surface area contributed by atoms with E-state index in [0.29, 0.717) is 17.1 Å². The van der Waals surface area contributed by atoms with Gasteiger partial charge in [0.15, 0.2) is 0 Å². The van der Waals surface area contributed by atoms with Crippen molar-refractivity contribution in [1.82, 2.24) is 14.9 Å². The average Bonchev–Trinajstić information content (AvgIpc) is 2.70. The summed E-state index contributed by atoms with van der Waals surface area (Å²) in [5.74, 6) is -0.738. The first kappa shape index (κ1) is 26.9. The number of amides is 1. The fourth-order valence-corrected chi connectivity index (χ4v) is 4.01. The summed E-state index contributed by atoms with van der Waals surface area (Å²) in [6.45, 7) is 8.98. The highest BCUT2D eigenvalue weighted by Crippen LogP contribution is 2.30. The molecule has 0 aliphatic carbocycles. The summed E-state index contributed by atoms with van der Waals surface area (Å²) in [5.41, 5.74) is 0.325. The zero-order chi connectivity index (χ0) is 24.8. The molecule has 33 heavy (non-hydrogen) atoms. The fourth-order valence-electron chi connectivity index (χ4n) is 3.17. The number of hydrogen-bond acceptors (Lipinski definition) is 6. The second-order valence-corrected chi connectivity index (χ2v) is 9.80. The lowest BCUT2D eigenvalue weighted by molar-refractivity contribution is -0.143. The predicted molar refractivity (Wildman–Crippen MR) is 129 cm³/mol. The summed E-state index contributed by atoms with van der Waals surface area (Å²) in [6.07, 6.45) is 1.22. The lowest BCUT2D eigenvalue weighted by Crippen LogP contribution is -2.35. The quantitative estimate of drug-likeness (QED) is 0.472. The number of carbonyl (C=O) groups excluding carboxylic acids is 2. The van der Waals surface area contributed by atoms with Crippen LogP contribution in [0.4, 0.5) is 4.79 Å². The van der Waals surface area contributed by atoms with E-state index < -0.39 is 23.7 Å². The molecule has 0 unspecified atom stereocenters. The van der Waals surface area contributed by atoms with E-state index in [1.54, 1.807) is 39.8 Å². The third-order valence-electron chi connectivity index (χ3n) is 4.63. The van der Waals surface area contributed by atoms with Crippen molar-refractivity contribution in [3.8, 4) is 0 Å². The molecule has 0 aliphatic heterocycles. The molecule has 0 spiro atoms. The van der Waals surface area contributed by atoms with E-state index >= 15 is 0 Å². The first-order valence-corrected chi connectivity index (χ1v) is 11.7. The Bertz CT molecular complexity index is 1030. The molecule has 1 aromatic carbocycles. The zero-order valence-corrected chi connectivity index (χ0v) is 21.7. The maximum absolute atomic E-state index is 12.7. The van der Waals surface area contributed by atoms with Crippen molar-refractivity contribution in [3.63, 3.8) is 0 Å². The Labute approximate surface area is 206 Å². The van der Waals surface area contributed by atoms with E-state index in [-0.39, 0.29) is 29.1 Å². The molecular weight excluding hydrogens is 514 g/mol. The highest BCUT2D eigenvalue weighted by molar-refractivity contribution is 9.10. The van der Waals surface area contributed by atoms with Gasteiger partial charge in [-0.1, -0.05) is 30.7 Å². The van der Waals surface area contributed by atoms with Gasteiger partial charge in [-0.15, -0.1) is 0 Å². The molecule has 0 aliphatic rings. The van der Waals surface area contributed by atoms with Gasteiger partial charge in [0.2, 0.25) is 0 Å². The number of nitrogens with one attached hydrogen (secondary N) is 1. The number of benzene rings is 1. The summed E-state index contributed by atoms with van der Waals surface area (Å²) in [7, 11) is 0. The normalized spacial score (nSPS) is 13.2.